The molecule has 1 aromatic heterocycles. The predicted molar refractivity (Wildman–Crippen MR) is 200 cm³/mol. The highest BCUT2D eigenvalue weighted by Gasteiger charge is 2.18. The Labute approximate surface area is 271 Å². The van der Waals surface area contributed by atoms with E-state index in [0.29, 0.717) is 0 Å². The average Bonchev–Trinajstić information content (AvgIpc) is 3.52. The molecule has 1 heteroatoms. The lowest BCUT2D eigenvalue weighted by Gasteiger charge is -2.18. The van der Waals surface area contributed by atoms with Gasteiger partial charge in [0.15, 0.2) is 0 Å². The molecule has 218 valence electrons. The molecular formula is C46H28O. The molecular weight excluding hydrogens is 569 g/mol. The molecule has 0 aliphatic heterocycles. The van der Waals surface area contributed by atoms with Crippen molar-refractivity contribution in [3.63, 3.8) is 0 Å². The molecule has 10 rings (SSSR count). The Balaban J connectivity index is 1.18. The van der Waals surface area contributed by atoms with Crippen LogP contribution in [0.15, 0.2) is 174 Å². The van der Waals surface area contributed by atoms with E-state index in [9.17, 15) is 0 Å². The third kappa shape index (κ3) is 3.97. The Morgan fingerprint density at radius 3 is 1.45 bits per heavy atom. The Morgan fingerprint density at radius 2 is 0.787 bits per heavy atom. The minimum Gasteiger partial charge on any atom is -0.455 e. The number of para-hydroxylation sites is 1. The maximum atomic E-state index is 6.38. The summed E-state index contributed by atoms with van der Waals surface area (Å²) in [6.07, 6.45) is 0. The van der Waals surface area contributed by atoms with Gasteiger partial charge in [-0.1, -0.05) is 146 Å². The van der Waals surface area contributed by atoms with Crippen molar-refractivity contribution < 1.29 is 4.42 Å². The van der Waals surface area contributed by atoms with Crippen molar-refractivity contribution in [2.45, 2.75) is 0 Å². The minimum absolute atomic E-state index is 0.924. The van der Waals surface area contributed by atoms with Crippen molar-refractivity contribution >= 4 is 65.0 Å². The van der Waals surface area contributed by atoms with Crippen LogP contribution in [-0.2, 0) is 0 Å². The van der Waals surface area contributed by atoms with E-state index in [1.165, 1.54) is 71.1 Å². The van der Waals surface area contributed by atoms with Crippen molar-refractivity contribution in [2.24, 2.45) is 0 Å². The van der Waals surface area contributed by atoms with Gasteiger partial charge in [0.1, 0.15) is 11.2 Å². The van der Waals surface area contributed by atoms with Gasteiger partial charge in [-0.25, -0.2) is 0 Å². The number of furan rings is 1. The highest BCUT2D eigenvalue weighted by Crippen LogP contribution is 2.45. The van der Waals surface area contributed by atoms with Crippen LogP contribution in [0.4, 0.5) is 0 Å². The average molecular weight is 597 g/mol. The number of fused-ring (bicyclic) bond motifs is 8. The van der Waals surface area contributed by atoms with Crippen LogP contribution >= 0.6 is 0 Å². The van der Waals surface area contributed by atoms with Gasteiger partial charge in [-0.05, 0) is 95.3 Å². The Kier molecular flexibility index (Phi) is 5.64. The molecule has 0 atom stereocenters. The van der Waals surface area contributed by atoms with E-state index in [0.717, 1.165) is 27.3 Å². The summed E-state index contributed by atoms with van der Waals surface area (Å²) in [6.45, 7) is 0. The maximum Gasteiger partial charge on any atom is 0.143 e. The standard InChI is InChI=1S/C46H28O/c1-2-12-29(13-3-1)44-36-16-5-7-18-38(36)45(39-19-8-6-17-37(39)44)33-25-23-30-26-32(24-22-31(30)27-33)41-28-42-35-15-10-11-21-43(35)47-46(42)40-20-9-4-14-34(40)41/h1-28H. The van der Waals surface area contributed by atoms with Gasteiger partial charge in [-0.15, -0.1) is 0 Å². The van der Waals surface area contributed by atoms with Crippen molar-refractivity contribution in [1.29, 1.82) is 0 Å². The van der Waals surface area contributed by atoms with E-state index in [1.54, 1.807) is 0 Å². The van der Waals surface area contributed by atoms with Crippen LogP contribution in [0.3, 0.4) is 0 Å². The Bertz CT molecular complexity index is 2780. The van der Waals surface area contributed by atoms with Gasteiger partial charge in [-0.3, -0.25) is 0 Å². The molecule has 1 nitrogen and oxygen atoms in total. The van der Waals surface area contributed by atoms with E-state index in [2.05, 4.69) is 164 Å². The Hall–Kier alpha value is -6.18. The van der Waals surface area contributed by atoms with Gasteiger partial charge in [0.2, 0.25) is 0 Å². The molecule has 0 bridgehead atoms. The molecule has 0 spiro atoms. The lowest BCUT2D eigenvalue weighted by atomic mass is 9.85. The summed E-state index contributed by atoms with van der Waals surface area (Å²) in [4.78, 5) is 0. The zero-order valence-electron chi connectivity index (χ0n) is 25.6. The Morgan fingerprint density at radius 1 is 0.298 bits per heavy atom. The number of rotatable bonds is 3. The van der Waals surface area contributed by atoms with Crippen LogP contribution in [0.2, 0.25) is 0 Å². The van der Waals surface area contributed by atoms with E-state index in [4.69, 9.17) is 4.42 Å². The van der Waals surface area contributed by atoms with Crippen LogP contribution < -0.4 is 0 Å². The molecule has 1 heterocycles. The fraction of sp³-hybridized carbons (Fsp3) is 0. The first-order chi connectivity index (χ1) is 23.3. The molecule has 0 saturated heterocycles. The number of benzene rings is 9. The second kappa shape index (κ2) is 10.2. The molecule has 0 N–H and O–H groups in total. The lowest BCUT2D eigenvalue weighted by Crippen LogP contribution is -1.91. The van der Waals surface area contributed by atoms with E-state index >= 15 is 0 Å². The molecule has 10 aromatic rings. The fourth-order valence-corrected chi connectivity index (χ4v) is 7.71. The van der Waals surface area contributed by atoms with Crippen molar-refractivity contribution in [1.82, 2.24) is 0 Å². The van der Waals surface area contributed by atoms with Crippen molar-refractivity contribution in [3.8, 4) is 33.4 Å². The highest BCUT2D eigenvalue weighted by molar-refractivity contribution is 6.22. The topological polar surface area (TPSA) is 13.1 Å². The van der Waals surface area contributed by atoms with Crippen molar-refractivity contribution in [3.05, 3.63) is 170 Å². The third-order valence-electron chi connectivity index (χ3n) is 9.82. The van der Waals surface area contributed by atoms with Gasteiger partial charge in [0, 0.05) is 16.2 Å². The second-order valence-corrected chi connectivity index (χ2v) is 12.4. The third-order valence-corrected chi connectivity index (χ3v) is 9.82. The van der Waals surface area contributed by atoms with Crippen LogP contribution in [0.1, 0.15) is 0 Å². The molecule has 0 fully saturated rings. The maximum absolute atomic E-state index is 6.38. The summed E-state index contributed by atoms with van der Waals surface area (Å²) in [5.74, 6) is 0. The molecule has 9 aromatic carbocycles. The zero-order chi connectivity index (χ0) is 30.9. The van der Waals surface area contributed by atoms with Crippen LogP contribution in [0.5, 0.6) is 0 Å². The predicted octanol–water partition coefficient (Wildman–Crippen LogP) is 13.2. The van der Waals surface area contributed by atoms with Crippen LogP contribution in [0.25, 0.3) is 98.4 Å². The summed E-state index contributed by atoms with van der Waals surface area (Å²) < 4.78 is 6.38. The molecule has 0 unspecified atom stereocenters. The molecule has 0 amide bonds. The second-order valence-electron chi connectivity index (χ2n) is 12.4. The molecule has 0 saturated carbocycles. The van der Waals surface area contributed by atoms with Crippen LogP contribution in [0, 0.1) is 0 Å². The lowest BCUT2D eigenvalue weighted by molar-refractivity contribution is 0.672. The molecule has 0 aliphatic carbocycles. The van der Waals surface area contributed by atoms with E-state index < -0.39 is 0 Å². The molecule has 0 radical (unpaired) electrons. The summed E-state index contributed by atoms with van der Waals surface area (Å²) >= 11 is 0. The summed E-state index contributed by atoms with van der Waals surface area (Å²) in [7, 11) is 0. The SMILES string of the molecule is c1ccc(-c2c3ccccc3c(-c3ccc4cc(-c5cc6c7ccccc7oc6c6ccccc56)ccc4c3)c3ccccc23)cc1. The van der Waals surface area contributed by atoms with Gasteiger partial charge in [0.25, 0.3) is 0 Å². The minimum atomic E-state index is 0.924. The first-order valence-corrected chi connectivity index (χ1v) is 16.2. The van der Waals surface area contributed by atoms with Gasteiger partial charge in [-0.2, -0.15) is 0 Å². The quantitative estimate of drug-likeness (QED) is 0.185. The van der Waals surface area contributed by atoms with Gasteiger partial charge >= 0.3 is 0 Å². The number of hydrogen-bond acceptors (Lipinski definition) is 1. The largest absolute Gasteiger partial charge is 0.455 e. The van der Waals surface area contributed by atoms with E-state index in [-0.39, 0.29) is 0 Å². The first-order valence-electron chi connectivity index (χ1n) is 16.2. The summed E-state index contributed by atoms with van der Waals surface area (Å²) in [5.41, 5.74) is 9.35. The summed E-state index contributed by atoms with van der Waals surface area (Å²) in [5, 5.41) is 12.2. The highest BCUT2D eigenvalue weighted by atomic mass is 16.3. The van der Waals surface area contributed by atoms with Crippen molar-refractivity contribution in [2.75, 3.05) is 0 Å². The van der Waals surface area contributed by atoms with E-state index in [1.807, 2.05) is 6.07 Å². The van der Waals surface area contributed by atoms with Gasteiger partial charge in [0.05, 0.1) is 0 Å². The van der Waals surface area contributed by atoms with Crippen LogP contribution in [-0.4, -0.2) is 0 Å². The zero-order valence-corrected chi connectivity index (χ0v) is 25.6. The monoisotopic (exact) mass is 596 g/mol. The normalized spacial score (nSPS) is 11.8. The summed E-state index contributed by atoms with van der Waals surface area (Å²) in [6, 6.07) is 61.6. The fourth-order valence-electron chi connectivity index (χ4n) is 7.71. The molecule has 47 heavy (non-hydrogen) atoms. The number of hydrogen-bond donors (Lipinski definition) is 0. The first kappa shape index (κ1) is 26.1. The van der Waals surface area contributed by atoms with Gasteiger partial charge < -0.3 is 4.42 Å². The smallest absolute Gasteiger partial charge is 0.143 e. The molecule has 0 aliphatic rings.